The Hall–Kier alpha value is -2.36. The molecule has 1 aliphatic rings. The van der Waals surface area contributed by atoms with E-state index in [9.17, 15) is 15.3 Å². The Morgan fingerprint density at radius 1 is 1.11 bits per heavy atom. The van der Waals surface area contributed by atoms with E-state index in [4.69, 9.17) is 4.74 Å². The molecule has 0 bridgehead atoms. The fourth-order valence-corrected chi connectivity index (χ4v) is 4.65. The van der Waals surface area contributed by atoms with Crippen molar-refractivity contribution in [1.82, 2.24) is 14.5 Å². The first-order chi connectivity index (χ1) is 13.2. The standard InChI is InChI=1S/C19H17N3O4S/c23-8-12-16(24)17(25)19(26-12)22-6-5-11-15(20-9-21-18(11)22)14-7-10-3-1-2-4-13(10)27-14/h1-7,9,12,16-17,19,23-25H,8H2/t12?,16-,17-,19+/m0/s1. The third kappa shape index (κ3) is 2.57. The average Bonchev–Trinajstić information content (AvgIpc) is 3.38. The van der Waals surface area contributed by atoms with Gasteiger partial charge in [-0.1, -0.05) is 18.2 Å². The van der Waals surface area contributed by atoms with Crippen molar-refractivity contribution in [2.45, 2.75) is 24.5 Å². The Bertz CT molecular complexity index is 1090. The largest absolute Gasteiger partial charge is 0.394 e. The molecule has 0 radical (unpaired) electrons. The first kappa shape index (κ1) is 16.8. The van der Waals surface area contributed by atoms with Crippen LogP contribution in [-0.4, -0.2) is 54.8 Å². The molecule has 0 saturated carbocycles. The van der Waals surface area contributed by atoms with Crippen molar-refractivity contribution in [1.29, 1.82) is 0 Å². The summed E-state index contributed by atoms with van der Waals surface area (Å²) in [6.07, 6.45) is -0.705. The van der Waals surface area contributed by atoms with Gasteiger partial charge in [-0.25, -0.2) is 9.97 Å². The van der Waals surface area contributed by atoms with E-state index in [1.807, 2.05) is 18.2 Å². The van der Waals surface area contributed by atoms with Crippen LogP contribution < -0.4 is 0 Å². The van der Waals surface area contributed by atoms with Gasteiger partial charge in [0.1, 0.15) is 30.3 Å². The first-order valence-electron chi connectivity index (χ1n) is 8.60. The van der Waals surface area contributed by atoms with Gasteiger partial charge in [0.25, 0.3) is 0 Å². The van der Waals surface area contributed by atoms with E-state index in [1.54, 1.807) is 22.1 Å². The molecule has 0 spiro atoms. The molecule has 5 rings (SSSR count). The molecule has 1 unspecified atom stereocenters. The fourth-order valence-electron chi connectivity index (χ4n) is 3.58. The molecule has 4 heterocycles. The van der Waals surface area contributed by atoms with Crippen LogP contribution in [0.5, 0.6) is 0 Å². The number of benzene rings is 1. The van der Waals surface area contributed by atoms with Gasteiger partial charge < -0.3 is 24.6 Å². The normalized spacial score (nSPS) is 25.6. The molecule has 1 aliphatic heterocycles. The highest BCUT2D eigenvalue weighted by Crippen LogP contribution is 2.37. The lowest BCUT2D eigenvalue weighted by Crippen LogP contribution is -2.33. The Balaban J connectivity index is 1.61. The fraction of sp³-hybridized carbons (Fsp3) is 0.263. The minimum absolute atomic E-state index is 0.365. The third-order valence-electron chi connectivity index (χ3n) is 4.96. The maximum atomic E-state index is 10.3. The van der Waals surface area contributed by atoms with E-state index in [1.165, 1.54) is 11.0 Å². The Kier molecular flexibility index (Phi) is 3.96. The molecule has 8 heteroatoms. The lowest BCUT2D eigenvalue weighted by Gasteiger charge is -2.17. The van der Waals surface area contributed by atoms with Crippen LogP contribution in [0.4, 0.5) is 0 Å². The Morgan fingerprint density at radius 3 is 2.74 bits per heavy atom. The topological polar surface area (TPSA) is 101 Å². The van der Waals surface area contributed by atoms with Crippen molar-refractivity contribution in [3.8, 4) is 10.6 Å². The number of aromatic nitrogens is 3. The molecule has 3 N–H and O–H groups in total. The zero-order valence-corrected chi connectivity index (χ0v) is 15.0. The van der Waals surface area contributed by atoms with Crippen LogP contribution in [0.25, 0.3) is 31.7 Å². The predicted molar refractivity (Wildman–Crippen MR) is 101 cm³/mol. The predicted octanol–water partition coefficient (Wildman–Crippen LogP) is 1.92. The monoisotopic (exact) mass is 383 g/mol. The molecule has 3 aromatic heterocycles. The van der Waals surface area contributed by atoms with Crippen molar-refractivity contribution in [2.24, 2.45) is 0 Å². The summed E-state index contributed by atoms with van der Waals surface area (Å²) < 4.78 is 8.50. The number of nitrogens with zero attached hydrogens (tertiary/aromatic N) is 3. The summed E-state index contributed by atoms with van der Waals surface area (Å²) >= 11 is 1.66. The maximum absolute atomic E-state index is 10.3. The number of thiophene rings is 1. The summed E-state index contributed by atoms with van der Waals surface area (Å²) in [6.45, 7) is -0.365. The van der Waals surface area contributed by atoms with E-state index >= 15 is 0 Å². The van der Waals surface area contributed by atoms with Crippen LogP contribution in [0.15, 0.2) is 48.9 Å². The lowest BCUT2D eigenvalue weighted by molar-refractivity contribution is -0.0508. The number of rotatable bonds is 3. The van der Waals surface area contributed by atoms with E-state index in [0.717, 1.165) is 21.3 Å². The van der Waals surface area contributed by atoms with Gasteiger partial charge in [0.2, 0.25) is 0 Å². The van der Waals surface area contributed by atoms with Crippen LogP contribution >= 0.6 is 11.3 Å². The van der Waals surface area contributed by atoms with Crippen LogP contribution in [0.1, 0.15) is 6.23 Å². The van der Waals surface area contributed by atoms with E-state index < -0.39 is 24.5 Å². The number of ether oxygens (including phenoxy) is 1. The Labute approximate surface area is 158 Å². The van der Waals surface area contributed by atoms with Crippen molar-refractivity contribution >= 4 is 32.5 Å². The number of hydrogen-bond acceptors (Lipinski definition) is 7. The van der Waals surface area contributed by atoms with Gasteiger partial charge >= 0.3 is 0 Å². The quantitative estimate of drug-likeness (QED) is 0.500. The van der Waals surface area contributed by atoms with Crippen LogP contribution in [0.3, 0.4) is 0 Å². The summed E-state index contributed by atoms with van der Waals surface area (Å²) in [5.41, 5.74) is 1.42. The second-order valence-corrected chi connectivity index (χ2v) is 7.64. The number of hydrogen-bond donors (Lipinski definition) is 3. The molecule has 4 aromatic rings. The van der Waals surface area contributed by atoms with Crippen LogP contribution in [0, 0.1) is 0 Å². The van der Waals surface area contributed by atoms with E-state index in [2.05, 4.69) is 28.2 Å². The number of fused-ring (bicyclic) bond motifs is 2. The second-order valence-electron chi connectivity index (χ2n) is 6.56. The summed E-state index contributed by atoms with van der Waals surface area (Å²) in [5.74, 6) is 0. The summed E-state index contributed by atoms with van der Waals surface area (Å²) in [6, 6.07) is 12.1. The van der Waals surface area contributed by atoms with Gasteiger partial charge in [0, 0.05) is 16.3 Å². The highest BCUT2D eigenvalue weighted by atomic mass is 32.1. The van der Waals surface area contributed by atoms with Gasteiger partial charge in [0.05, 0.1) is 17.2 Å². The summed E-state index contributed by atoms with van der Waals surface area (Å²) in [7, 11) is 0. The number of aliphatic hydroxyl groups excluding tert-OH is 3. The molecule has 0 aliphatic carbocycles. The minimum Gasteiger partial charge on any atom is -0.394 e. The molecule has 4 atom stereocenters. The molecule has 1 fully saturated rings. The molecule has 7 nitrogen and oxygen atoms in total. The molecule has 27 heavy (non-hydrogen) atoms. The van der Waals surface area contributed by atoms with E-state index in [-0.39, 0.29) is 6.61 Å². The third-order valence-corrected chi connectivity index (χ3v) is 6.08. The van der Waals surface area contributed by atoms with Crippen LogP contribution in [0.2, 0.25) is 0 Å². The maximum Gasteiger partial charge on any atom is 0.164 e. The van der Waals surface area contributed by atoms with Gasteiger partial charge in [-0.15, -0.1) is 11.3 Å². The smallest absolute Gasteiger partial charge is 0.164 e. The molecule has 0 amide bonds. The van der Waals surface area contributed by atoms with Gasteiger partial charge in [0.15, 0.2) is 6.23 Å². The highest BCUT2D eigenvalue weighted by molar-refractivity contribution is 7.22. The van der Waals surface area contributed by atoms with Crippen molar-refractivity contribution in [3.63, 3.8) is 0 Å². The highest BCUT2D eigenvalue weighted by Gasteiger charge is 2.43. The van der Waals surface area contributed by atoms with E-state index in [0.29, 0.717) is 5.65 Å². The zero-order valence-electron chi connectivity index (χ0n) is 14.1. The molecular formula is C19H17N3O4S. The first-order valence-corrected chi connectivity index (χ1v) is 9.42. The van der Waals surface area contributed by atoms with Crippen molar-refractivity contribution in [2.75, 3.05) is 6.61 Å². The van der Waals surface area contributed by atoms with Crippen LogP contribution in [-0.2, 0) is 4.74 Å². The zero-order chi connectivity index (χ0) is 18.5. The number of aliphatic hydroxyl groups is 3. The molecule has 138 valence electrons. The molecule has 1 aromatic carbocycles. The van der Waals surface area contributed by atoms with Crippen molar-refractivity contribution < 1.29 is 20.1 Å². The van der Waals surface area contributed by atoms with Gasteiger partial charge in [-0.2, -0.15) is 0 Å². The van der Waals surface area contributed by atoms with Gasteiger partial charge in [-0.3, -0.25) is 0 Å². The van der Waals surface area contributed by atoms with Gasteiger partial charge in [-0.05, 0) is 23.6 Å². The summed E-state index contributed by atoms with van der Waals surface area (Å²) in [4.78, 5) is 9.86. The minimum atomic E-state index is -1.15. The molecule has 1 saturated heterocycles. The Morgan fingerprint density at radius 2 is 1.96 bits per heavy atom. The van der Waals surface area contributed by atoms with Crippen molar-refractivity contribution in [3.05, 3.63) is 48.9 Å². The average molecular weight is 383 g/mol. The SMILES string of the molecule is OCC1O[C@@H](n2ccc3c(-c4cc5ccccc5s4)ncnc32)[C@@H](O)[C@H]1O. The lowest BCUT2D eigenvalue weighted by atomic mass is 10.1. The summed E-state index contributed by atoms with van der Waals surface area (Å²) in [5, 5.41) is 31.7. The second kappa shape index (κ2) is 6.36. The molecular weight excluding hydrogens is 366 g/mol.